The number of methoxy groups -OCH3 is 1. The van der Waals surface area contributed by atoms with Gasteiger partial charge in [0.15, 0.2) is 0 Å². The highest BCUT2D eigenvalue weighted by atomic mass is 35.5. The Morgan fingerprint density at radius 2 is 1.64 bits per heavy atom. The van der Waals surface area contributed by atoms with Gasteiger partial charge in [0.1, 0.15) is 0 Å². The van der Waals surface area contributed by atoms with Gasteiger partial charge < -0.3 is 10.1 Å². The molecule has 0 atom stereocenters. The number of ether oxygens (including phenoxy) is 1. The fourth-order valence-electron chi connectivity index (χ4n) is 1.96. The van der Waals surface area contributed by atoms with Crippen LogP contribution in [0.4, 0.5) is 11.4 Å². The lowest BCUT2D eigenvalue weighted by molar-refractivity contribution is 0.0600. The molecule has 2 aromatic rings. The molecular formula is C16H15ClN2O5S. The van der Waals surface area contributed by atoms with Crippen LogP contribution in [0.3, 0.4) is 0 Å². The lowest BCUT2D eigenvalue weighted by Gasteiger charge is -2.10. The number of halogens is 1. The minimum atomic E-state index is -3.39. The molecule has 0 radical (unpaired) electrons. The van der Waals surface area contributed by atoms with Crippen molar-refractivity contribution in [3.05, 3.63) is 58.6 Å². The van der Waals surface area contributed by atoms with Gasteiger partial charge in [0.05, 0.1) is 29.6 Å². The summed E-state index contributed by atoms with van der Waals surface area (Å²) in [4.78, 5) is 23.8. The summed E-state index contributed by atoms with van der Waals surface area (Å²) in [6.45, 7) is 0. The van der Waals surface area contributed by atoms with Gasteiger partial charge >= 0.3 is 5.97 Å². The van der Waals surface area contributed by atoms with E-state index in [0.717, 1.165) is 6.26 Å². The number of rotatable bonds is 5. The van der Waals surface area contributed by atoms with E-state index in [9.17, 15) is 18.0 Å². The van der Waals surface area contributed by atoms with Crippen molar-refractivity contribution in [2.45, 2.75) is 0 Å². The second-order valence-electron chi connectivity index (χ2n) is 5.09. The predicted molar refractivity (Wildman–Crippen MR) is 95.7 cm³/mol. The van der Waals surface area contributed by atoms with Gasteiger partial charge in [-0.1, -0.05) is 11.6 Å². The Hall–Kier alpha value is -2.58. The number of benzene rings is 2. The number of esters is 1. The molecule has 1 amide bonds. The second kappa shape index (κ2) is 7.54. The van der Waals surface area contributed by atoms with Crippen LogP contribution in [0.1, 0.15) is 20.7 Å². The maximum Gasteiger partial charge on any atom is 0.337 e. The van der Waals surface area contributed by atoms with Gasteiger partial charge in [0, 0.05) is 11.3 Å². The van der Waals surface area contributed by atoms with Crippen molar-refractivity contribution < 1.29 is 22.7 Å². The molecule has 0 unspecified atom stereocenters. The summed E-state index contributed by atoms with van der Waals surface area (Å²) in [6, 6.07) is 10.2. The van der Waals surface area contributed by atoms with E-state index in [-0.39, 0.29) is 16.3 Å². The standard InChI is InChI=1S/C16H15ClN2O5S/c1-24-16(21)11-5-8-13(17)14(9-11)18-15(20)10-3-6-12(7-4-10)19-25(2,22)23/h3-9,19H,1-2H3,(H,18,20). The SMILES string of the molecule is COC(=O)c1ccc(Cl)c(NC(=O)c2ccc(NS(C)(=O)=O)cc2)c1. The Labute approximate surface area is 150 Å². The van der Waals surface area contributed by atoms with Crippen molar-refractivity contribution in [3.8, 4) is 0 Å². The Bertz CT molecular complexity index is 911. The monoisotopic (exact) mass is 382 g/mol. The largest absolute Gasteiger partial charge is 0.465 e. The molecule has 0 saturated carbocycles. The van der Waals surface area contributed by atoms with Gasteiger partial charge in [0.25, 0.3) is 5.91 Å². The van der Waals surface area contributed by atoms with E-state index in [2.05, 4.69) is 14.8 Å². The van der Waals surface area contributed by atoms with Crippen molar-refractivity contribution in [2.75, 3.05) is 23.4 Å². The summed E-state index contributed by atoms with van der Waals surface area (Å²) in [7, 11) is -2.14. The van der Waals surface area contributed by atoms with Gasteiger partial charge in [-0.3, -0.25) is 9.52 Å². The molecule has 0 aliphatic carbocycles. The Morgan fingerprint density at radius 1 is 1.04 bits per heavy atom. The number of hydrogen-bond acceptors (Lipinski definition) is 5. The molecule has 0 aliphatic rings. The first-order valence-electron chi connectivity index (χ1n) is 6.96. The van der Waals surface area contributed by atoms with Crippen LogP contribution in [0.2, 0.25) is 5.02 Å². The zero-order valence-electron chi connectivity index (χ0n) is 13.4. The molecule has 0 spiro atoms. The first-order valence-corrected chi connectivity index (χ1v) is 9.23. The van der Waals surface area contributed by atoms with E-state index in [0.29, 0.717) is 11.3 Å². The highest BCUT2D eigenvalue weighted by molar-refractivity contribution is 7.92. The lowest BCUT2D eigenvalue weighted by atomic mass is 10.1. The molecular weight excluding hydrogens is 368 g/mol. The number of amides is 1. The molecule has 9 heteroatoms. The molecule has 0 bridgehead atoms. The normalized spacial score (nSPS) is 10.8. The van der Waals surface area contributed by atoms with E-state index in [1.165, 1.54) is 49.6 Å². The summed E-state index contributed by atoms with van der Waals surface area (Å²) < 4.78 is 29.3. The Morgan fingerprint density at radius 3 is 2.20 bits per heavy atom. The topological polar surface area (TPSA) is 102 Å². The molecule has 132 valence electrons. The van der Waals surface area contributed by atoms with E-state index in [4.69, 9.17) is 11.6 Å². The van der Waals surface area contributed by atoms with Gasteiger partial charge in [0.2, 0.25) is 10.0 Å². The lowest BCUT2D eigenvalue weighted by Crippen LogP contribution is -2.14. The third kappa shape index (κ3) is 5.20. The van der Waals surface area contributed by atoms with Gasteiger partial charge in [-0.15, -0.1) is 0 Å². The van der Waals surface area contributed by atoms with Crippen LogP contribution in [-0.4, -0.2) is 33.7 Å². The van der Waals surface area contributed by atoms with Gasteiger partial charge in [-0.25, -0.2) is 13.2 Å². The zero-order valence-corrected chi connectivity index (χ0v) is 14.9. The van der Waals surface area contributed by atoms with E-state index < -0.39 is 21.9 Å². The number of carbonyl (C=O) groups excluding carboxylic acids is 2. The smallest absolute Gasteiger partial charge is 0.337 e. The van der Waals surface area contributed by atoms with Crippen LogP contribution in [0.25, 0.3) is 0 Å². The quantitative estimate of drug-likeness (QED) is 0.774. The zero-order chi connectivity index (χ0) is 18.6. The molecule has 0 aromatic heterocycles. The molecule has 0 fully saturated rings. The highest BCUT2D eigenvalue weighted by Gasteiger charge is 2.13. The average Bonchev–Trinajstić information content (AvgIpc) is 2.55. The third-order valence-corrected chi connectivity index (χ3v) is 4.02. The van der Waals surface area contributed by atoms with Gasteiger partial charge in [-0.05, 0) is 42.5 Å². The van der Waals surface area contributed by atoms with Crippen molar-refractivity contribution in [3.63, 3.8) is 0 Å². The maximum atomic E-state index is 12.3. The fourth-order valence-corrected chi connectivity index (χ4v) is 2.69. The van der Waals surface area contributed by atoms with Crippen LogP contribution in [0.15, 0.2) is 42.5 Å². The summed E-state index contributed by atoms with van der Waals surface area (Å²) >= 11 is 6.03. The second-order valence-corrected chi connectivity index (χ2v) is 7.25. The van der Waals surface area contributed by atoms with Crippen molar-refractivity contribution >= 4 is 44.9 Å². The number of sulfonamides is 1. The number of hydrogen-bond donors (Lipinski definition) is 2. The van der Waals surface area contributed by atoms with Crippen LogP contribution >= 0.6 is 11.6 Å². The van der Waals surface area contributed by atoms with E-state index in [1.807, 2.05) is 0 Å². The molecule has 0 saturated heterocycles. The van der Waals surface area contributed by atoms with Crippen molar-refractivity contribution in [2.24, 2.45) is 0 Å². The molecule has 2 N–H and O–H groups in total. The maximum absolute atomic E-state index is 12.3. The molecule has 25 heavy (non-hydrogen) atoms. The predicted octanol–water partition coefficient (Wildman–Crippen LogP) is 2.75. The minimum absolute atomic E-state index is 0.245. The average molecular weight is 383 g/mol. The van der Waals surface area contributed by atoms with Crippen LogP contribution in [-0.2, 0) is 14.8 Å². The summed E-state index contributed by atoms with van der Waals surface area (Å²) in [5.74, 6) is -1.02. The van der Waals surface area contributed by atoms with Crippen molar-refractivity contribution in [1.82, 2.24) is 0 Å². The Balaban J connectivity index is 2.18. The number of anilines is 2. The molecule has 2 aromatic carbocycles. The van der Waals surface area contributed by atoms with Gasteiger partial charge in [-0.2, -0.15) is 0 Å². The van der Waals surface area contributed by atoms with Crippen LogP contribution < -0.4 is 10.0 Å². The summed E-state index contributed by atoms with van der Waals surface area (Å²) in [5, 5.41) is 2.86. The van der Waals surface area contributed by atoms with Crippen LogP contribution in [0.5, 0.6) is 0 Å². The number of nitrogens with one attached hydrogen (secondary N) is 2. The fraction of sp³-hybridized carbons (Fsp3) is 0.125. The Kier molecular flexibility index (Phi) is 5.66. The molecule has 0 heterocycles. The van der Waals surface area contributed by atoms with Crippen LogP contribution in [0, 0.1) is 0 Å². The molecule has 2 rings (SSSR count). The van der Waals surface area contributed by atoms with Crippen molar-refractivity contribution in [1.29, 1.82) is 0 Å². The summed E-state index contributed by atoms with van der Waals surface area (Å²) in [6.07, 6.45) is 1.03. The molecule has 0 aliphatic heterocycles. The highest BCUT2D eigenvalue weighted by Crippen LogP contribution is 2.24. The first-order chi connectivity index (χ1) is 11.7. The third-order valence-electron chi connectivity index (χ3n) is 3.09. The molecule has 7 nitrogen and oxygen atoms in total. The minimum Gasteiger partial charge on any atom is -0.465 e. The summed E-state index contributed by atoms with van der Waals surface area (Å²) in [5.41, 5.74) is 1.13. The van der Waals surface area contributed by atoms with E-state index >= 15 is 0 Å². The first kappa shape index (κ1) is 18.8. The number of carbonyl (C=O) groups is 2. The van der Waals surface area contributed by atoms with E-state index in [1.54, 1.807) is 0 Å².